The maximum absolute atomic E-state index is 13.3. The summed E-state index contributed by atoms with van der Waals surface area (Å²) in [4.78, 5) is 18.5. The summed E-state index contributed by atoms with van der Waals surface area (Å²) in [6, 6.07) is 3.25. The number of thiophene rings is 1. The second-order valence-electron chi connectivity index (χ2n) is 6.81. The number of carbonyl (C=O) groups excluding carboxylic acids is 1. The highest BCUT2D eigenvalue weighted by atomic mass is 32.2. The van der Waals surface area contributed by atoms with Crippen molar-refractivity contribution in [1.82, 2.24) is 9.29 Å². The first-order valence-corrected chi connectivity index (χ1v) is 11.5. The van der Waals surface area contributed by atoms with E-state index in [1.165, 1.54) is 28.6 Å². The SMILES string of the molecule is COC(=O)c1cnc(N[C@@H](C)c2cc(C)sc2C)c(S(=O)(=O)N2CCOCC2)c1. The minimum Gasteiger partial charge on any atom is -0.465 e. The summed E-state index contributed by atoms with van der Waals surface area (Å²) in [6.45, 7) is 7.18. The first-order valence-electron chi connectivity index (χ1n) is 9.23. The molecule has 10 heteroatoms. The molecule has 1 fully saturated rings. The van der Waals surface area contributed by atoms with Crippen molar-refractivity contribution >= 4 is 33.1 Å². The Labute approximate surface area is 174 Å². The number of methoxy groups -OCH3 is 1. The highest BCUT2D eigenvalue weighted by molar-refractivity contribution is 7.89. The summed E-state index contributed by atoms with van der Waals surface area (Å²) in [5, 5.41) is 3.22. The topological polar surface area (TPSA) is 97.8 Å². The lowest BCUT2D eigenvalue weighted by atomic mass is 10.1. The molecule has 2 aromatic heterocycles. The zero-order valence-electron chi connectivity index (χ0n) is 16.9. The second kappa shape index (κ2) is 8.78. The number of sulfonamides is 1. The normalized spacial score (nSPS) is 16.4. The largest absolute Gasteiger partial charge is 0.465 e. The van der Waals surface area contributed by atoms with Gasteiger partial charge < -0.3 is 14.8 Å². The number of anilines is 1. The van der Waals surface area contributed by atoms with Gasteiger partial charge in [0.1, 0.15) is 10.7 Å². The minimum atomic E-state index is -3.87. The van der Waals surface area contributed by atoms with E-state index in [0.29, 0.717) is 13.2 Å². The molecule has 1 aliphatic rings. The van der Waals surface area contributed by atoms with Crippen molar-refractivity contribution in [3.8, 4) is 0 Å². The molecule has 0 bridgehead atoms. The van der Waals surface area contributed by atoms with Crippen molar-refractivity contribution in [3.63, 3.8) is 0 Å². The molecule has 8 nitrogen and oxygen atoms in total. The third kappa shape index (κ3) is 4.61. The number of rotatable bonds is 6. The molecule has 3 heterocycles. The lowest BCUT2D eigenvalue weighted by molar-refractivity contribution is 0.0600. The highest BCUT2D eigenvalue weighted by Gasteiger charge is 2.31. The minimum absolute atomic E-state index is 0.0428. The van der Waals surface area contributed by atoms with Crippen LogP contribution < -0.4 is 5.32 Å². The number of pyridine rings is 1. The Balaban J connectivity index is 2.01. The molecule has 2 aromatic rings. The van der Waals surface area contributed by atoms with Gasteiger partial charge in [0.05, 0.1) is 31.9 Å². The number of ether oxygens (including phenoxy) is 2. The average molecular weight is 440 g/mol. The maximum Gasteiger partial charge on any atom is 0.339 e. The first-order chi connectivity index (χ1) is 13.7. The van der Waals surface area contributed by atoms with E-state index in [0.717, 1.165) is 10.4 Å². The highest BCUT2D eigenvalue weighted by Crippen LogP contribution is 2.31. The fourth-order valence-electron chi connectivity index (χ4n) is 3.27. The molecule has 1 N–H and O–H groups in total. The number of aromatic nitrogens is 1. The number of aryl methyl sites for hydroxylation is 2. The monoisotopic (exact) mass is 439 g/mol. The summed E-state index contributed by atoms with van der Waals surface area (Å²) < 4.78 is 38.0. The molecule has 1 atom stereocenters. The van der Waals surface area contributed by atoms with Crippen LogP contribution in [0.3, 0.4) is 0 Å². The van der Waals surface area contributed by atoms with Gasteiger partial charge in [-0.05, 0) is 38.5 Å². The fourth-order valence-corrected chi connectivity index (χ4v) is 5.83. The predicted octanol–water partition coefficient (Wildman–Crippen LogP) is 2.74. The molecule has 0 aromatic carbocycles. The fraction of sp³-hybridized carbons (Fsp3) is 0.474. The van der Waals surface area contributed by atoms with Gasteiger partial charge in [-0.25, -0.2) is 18.2 Å². The molecule has 1 saturated heterocycles. The Hall–Kier alpha value is -2.01. The zero-order valence-corrected chi connectivity index (χ0v) is 18.5. The van der Waals surface area contributed by atoms with Gasteiger partial charge in [-0.3, -0.25) is 0 Å². The molecule has 0 unspecified atom stereocenters. The van der Waals surface area contributed by atoms with Crippen LogP contribution in [-0.2, 0) is 19.5 Å². The molecule has 29 heavy (non-hydrogen) atoms. The van der Waals surface area contributed by atoms with E-state index in [-0.39, 0.29) is 35.4 Å². The standard InChI is InChI=1S/C19H25N3O5S2/c1-12-9-16(14(3)28-12)13(2)21-18-17(10-15(11-20-18)19(23)26-4)29(24,25)22-5-7-27-8-6-22/h9-11,13H,5-8H2,1-4H3,(H,20,21)/t13-/m0/s1. The van der Waals surface area contributed by atoms with E-state index >= 15 is 0 Å². The number of nitrogens with one attached hydrogen (secondary N) is 1. The van der Waals surface area contributed by atoms with Gasteiger partial charge in [-0.1, -0.05) is 0 Å². The third-order valence-corrected chi connectivity index (χ3v) is 7.65. The van der Waals surface area contributed by atoms with Crippen molar-refractivity contribution in [3.05, 3.63) is 39.2 Å². The van der Waals surface area contributed by atoms with Crippen LogP contribution >= 0.6 is 11.3 Å². The molecule has 0 spiro atoms. The molecule has 0 radical (unpaired) electrons. The van der Waals surface area contributed by atoms with Crippen LogP contribution in [0.2, 0.25) is 0 Å². The average Bonchev–Trinajstić information content (AvgIpc) is 3.06. The third-order valence-electron chi connectivity index (χ3n) is 4.76. The van der Waals surface area contributed by atoms with Gasteiger partial charge in [0.25, 0.3) is 0 Å². The van der Waals surface area contributed by atoms with E-state index in [9.17, 15) is 13.2 Å². The zero-order chi connectivity index (χ0) is 21.2. The van der Waals surface area contributed by atoms with Gasteiger partial charge in [0.2, 0.25) is 10.0 Å². The van der Waals surface area contributed by atoms with Crippen LogP contribution in [0.25, 0.3) is 0 Å². The number of carbonyl (C=O) groups is 1. The number of nitrogens with zero attached hydrogens (tertiary/aromatic N) is 2. The molecule has 1 aliphatic heterocycles. The van der Waals surface area contributed by atoms with Gasteiger partial charge in [-0.15, -0.1) is 11.3 Å². The predicted molar refractivity (Wildman–Crippen MR) is 111 cm³/mol. The molecule has 158 valence electrons. The number of hydrogen-bond donors (Lipinski definition) is 1. The number of esters is 1. The van der Waals surface area contributed by atoms with Crippen molar-refractivity contribution in [2.45, 2.75) is 31.7 Å². The lowest BCUT2D eigenvalue weighted by Gasteiger charge is -2.27. The molecule has 0 saturated carbocycles. The van der Waals surface area contributed by atoms with E-state index in [4.69, 9.17) is 9.47 Å². The number of morpholine rings is 1. The van der Waals surface area contributed by atoms with Crippen LogP contribution in [0, 0.1) is 13.8 Å². The Morgan fingerprint density at radius 2 is 2.00 bits per heavy atom. The van der Waals surface area contributed by atoms with E-state index < -0.39 is 16.0 Å². The summed E-state index contributed by atoms with van der Waals surface area (Å²) in [6.07, 6.45) is 1.32. The Morgan fingerprint density at radius 3 is 2.59 bits per heavy atom. The van der Waals surface area contributed by atoms with Crippen molar-refractivity contribution in [1.29, 1.82) is 0 Å². The summed E-state index contributed by atoms with van der Waals surface area (Å²) in [7, 11) is -2.62. The van der Waals surface area contributed by atoms with E-state index in [2.05, 4.69) is 16.4 Å². The molecule has 0 aliphatic carbocycles. The van der Waals surface area contributed by atoms with Gasteiger partial charge in [0.15, 0.2) is 0 Å². The summed E-state index contributed by atoms with van der Waals surface area (Å²) in [5.74, 6) is -0.431. The Morgan fingerprint density at radius 1 is 1.31 bits per heavy atom. The number of hydrogen-bond acceptors (Lipinski definition) is 8. The molecule has 3 rings (SSSR count). The van der Waals surface area contributed by atoms with E-state index in [1.54, 1.807) is 11.3 Å². The van der Waals surface area contributed by atoms with Crippen molar-refractivity contribution in [2.24, 2.45) is 0 Å². The van der Waals surface area contributed by atoms with Crippen LogP contribution in [-0.4, -0.2) is 57.1 Å². The van der Waals surface area contributed by atoms with Crippen LogP contribution in [0.5, 0.6) is 0 Å². The van der Waals surface area contributed by atoms with Gasteiger partial charge >= 0.3 is 5.97 Å². The summed E-state index contributed by atoms with van der Waals surface area (Å²) >= 11 is 1.69. The second-order valence-corrected chi connectivity index (χ2v) is 10.2. The molecular weight excluding hydrogens is 414 g/mol. The van der Waals surface area contributed by atoms with E-state index in [1.807, 2.05) is 20.8 Å². The lowest BCUT2D eigenvalue weighted by Crippen LogP contribution is -2.41. The van der Waals surface area contributed by atoms with Crippen LogP contribution in [0.4, 0.5) is 5.82 Å². The first kappa shape index (κ1) is 21.7. The van der Waals surface area contributed by atoms with Crippen molar-refractivity contribution in [2.75, 3.05) is 38.7 Å². The smallest absolute Gasteiger partial charge is 0.339 e. The Bertz CT molecular complexity index is 997. The van der Waals surface area contributed by atoms with Gasteiger partial charge in [-0.2, -0.15) is 4.31 Å². The van der Waals surface area contributed by atoms with Gasteiger partial charge in [0, 0.05) is 29.0 Å². The quantitative estimate of drug-likeness (QED) is 0.691. The summed E-state index contributed by atoms with van der Waals surface area (Å²) in [5.41, 5.74) is 1.17. The molecular formula is C19H25N3O5S2. The maximum atomic E-state index is 13.3. The Kier molecular flexibility index (Phi) is 6.57. The molecule has 0 amide bonds. The van der Waals surface area contributed by atoms with Crippen molar-refractivity contribution < 1.29 is 22.7 Å². The van der Waals surface area contributed by atoms with Crippen LogP contribution in [0.15, 0.2) is 23.2 Å². The van der Waals surface area contributed by atoms with Crippen LogP contribution in [0.1, 0.15) is 38.6 Å².